The second-order valence-corrected chi connectivity index (χ2v) is 5.13. The molecule has 0 aromatic rings. The van der Waals surface area contributed by atoms with E-state index in [-0.39, 0.29) is 23.7 Å². The maximum absolute atomic E-state index is 12.1. The normalized spacial score (nSPS) is 20.3. The van der Waals surface area contributed by atoms with Crippen LogP contribution in [0.4, 0.5) is 0 Å². The van der Waals surface area contributed by atoms with E-state index in [2.05, 4.69) is 5.32 Å². The highest BCUT2D eigenvalue weighted by Crippen LogP contribution is 2.19. The molecule has 0 aliphatic carbocycles. The summed E-state index contributed by atoms with van der Waals surface area (Å²) in [6.45, 7) is 5.32. The number of carbonyl (C=O) groups excluding carboxylic acids is 2. The number of nitrogens with zero attached hydrogens (tertiary/aromatic N) is 1. The highest BCUT2D eigenvalue weighted by Gasteiger charge is 2.30. The lowest BCUT2D eigenvalue weighted by Gasteiger charge is -2.33. The number of nitrogens with one attached hydrogen (secondary N) is 1. The molecule has 0 radical (unpaired) electrons. The molecule has 5 nitrogen and oxygen atoms in total. The number of nitrogens with two attached hydrogens (primary N) is 1. The maximum Gasteiger partial charge on any atom is 0.239 e. The summed E-state index contributed by atoms with van der Waals surface area (Å²) in [5, 5.41) is 2.66. The molecule has 0 spiro atoms. The van der Waals surface area contributed by atoms with Crippen LogP contribution in [0, 0.1) is 11.8 Å². The van der Waals surface area contributed by atoms with E-state index in [0.717, 1.165) is 19.3 Å². The second kappa shape index (κ2) is 6.73. The number of carbonyl (C=O) groups is 2. The molecule has 0 aromatic heterocycles. The smallest absolute Gasteiger partial charge is 0.239 e. The molecule has 2 amide bonds. The largest absolute Gasteiger partial charge is 0.359 e. The van der Waals surface area contributed by atoms with E-state index in [4.69, 9.17) is 5.73 Å². The first-order valence-electron chi connectivity index (χ1n) is 6.77. The Morgan fingerprint density at radius 3 is 2.39 bits per heavy atom. The van der Waals surface area contributed by atoms with Crippen LogP contribution in [0.1, 0.15) is 33.1 Å². The summed E-state index contributed by atoms with van der Waals surface area (Å²) in [6.07, 6.45) is 2.37. The average molecular weight is 255 g/mol. The summed E-state index contributed by atoms with van der Waals surface area (Å²) < 4.78 is 0. The predicted octanol–water partition coefficient (Wildman–Crippen LogP) is 0.344. The zero-order chi connectivity index (χ0) is 13.7. The molecule has 0 saturated carbocycles. The van der Waals surface area contributed by atoms with Crippen molar-refractivity contribution in [2.45, 2.75) is 39.2 Å². The van der Waals surface area contributed by atoms with Gasteiger partial charge in [0, 0.05) is 26.1 Å². The van der Waals surface area contributed by atoms with Crippen molar-refractivity contribution in [2.75, 3.05) is 20.1 Å². The molecule has 104 valence electrons. The number of rotatable bonds is 4. The Morgan fingerprint density at radius 1 is 1.39 bits per heavy atom. The molecule has 1 aliphatic rings. The minimum absolute atomic E-state index is 0.0275. The van der Waals surface area contributed by atoms with E-state index in [1.165, 1.54) is 0 Å². The minimum atomic E-state index is -0.411. The molecule has 1 saturated heterocycles. The molecule has 18 heavy (non-hydrogen) atoms. The number of hydrogen-bond donors (Lipinski definition) is 2. The molecular weight excluding hydrogens is 230 g/mol. The molecule has 1 heterocycles. The van der Waals surface area contributed by atoms with Crippen molar-refractivity contribution in [1.29, 1.82) is 0 Å². The van der Waals surface area contributed by atoms with E-state index < -0.39 is 6.04 Å². The van der Waals surface area contributed by atoms with Gasteiger partial charge in [-0.3, -0.25) is 9.59 Å². The molecule has 1 rings (SSSR count). The summed E-state index contributed by atoms with van der Waals surface area (Å²) in [4.78, 5) is 25.4. The molecule has 3 N–H and O–H groups in total. The Labute approximate surface area is 109 Å². The third kappa shape index (κ3) is 3.45. The van der Waals surface area contributed by atoms with Crippen LogP contribution >= 0.6 is 0 Å². The summed E-state index contributed by atoms with van der Waals surface area (Å²) in [5.41, 5.74) is 5.95. The van der Waals surface area contributed by atoms with Gasteiger partial charge in [0.05, 0.1) is 6.04 Å². The van der Waals surface area contributed by atoms with E-state index in [9.17, 15) is 9.59 Å². The van der Waals surface area contributed by atoms with Gasteiger partial charge in [0.1, 0.15) is 0 Å². The lowest BCUT2D eigenvalue weighted by molar-refractivity contribution is -0.137. The van der Waals surface area contributed by atoms with Crippen LogP contribution in [-0.4, -0.2) is 42.9 Å². The standard InChI is InChI=1S/C13H25N3O2/c1-4-9(2)11(14)13(18)16-7-5-10(6-8-16)12(17)15-3/h9-11H,4-8,14H2,1-3H3,(H,15,17)/t9-,11-/m0/s1. The van der Waals surface area contributed by atoms with Gasteiger partial charge in [0.25, 0.3) is 0 Å². The first-order valence-corrected chi connectivity index (χ1v) is 6.77. The zero-order valence-electron chi connectivity index (χ0n) is 11.6. The van der Waals surface area contributed by atoms with Gasteiger partial charge in [-0.2, -0.15) is 0 Å². The molecule has 0 bridgehead atoms. The summed E-state index contributed by atoms with van der Waals surface area (Å²) in [7, 11) is 1.65. The fourth-order valence-corrected chi connectivity index (χ4v) is 2.27. The van der Waals surface area contributed by atoms with E-state index in [1.54, 1.807) is 11.9 Å². The molecule has 0 aromatic carbocycles. The fraction of sp³-hybridized carbons (Fsp3) is 0.846. The van der Waals surface area contributed by atoms with Gasteiger partial charge in [0.2, 0.25) is 11.8 Å². The van der Waals surface area contributed by atoms with Crippen molar-refractivity contribution in [1.82, 2.24) is 10.2 Å². The van der Waals surface area contributed by atoms with E-state index in [1.807, 2.05) is 13.8 Å². The molecule has 1 aliphatic heterocycles. The number of hydrogen-bond acceptors (Lipinski definition) is 3. The zero-order valence-corrected chi connectivity index (χ0v) is 11.6. The molecular formula is C13H25N3O2. The van der Waals surface area contributed by atoms with Gasteiger partial charge < -0.3 is 16.0 Å². The number of piperidine rings is 1. The van der Waals surface area contributed by atoms with Gasteiger partial charge in [0.15, 0.2) is 0 Å². The minimum Gasteiger partial charge on any atom is -0.359 e. The highest BCUT2D eigenvalue weighted by molar-refractivity contribution is 5.83. The van der Waals surface area contributed by atoms with Gasteiger partial charge in [-0.25, -0.2) is 0 Å². The van der Waals surface area contributed by atoms with E-state index >= 15 is 0 Å². The van der Waals surface area contributed by atoms with E-state index in [0.29, 0.717) is 13.1 Å². The van der Waals surface area contributed by atoms with Crippen LogP contribution in [-0.2, 0) is 9.59 Å². The third-order valence-electron chi connectivity index (χ3n) is 3.97. The molecule has 2 atom stereocenters. The van der Waals surface area contributed by atoms with Gasteiger partial charge in [-0.05, 0) is 18.8 Å². The van der Waals surface area contributed by atoms with Crippen LogP contribution < -0.4 is 11.1 Å². The summed E-state index contributed by atoms with van der Waals surface area (Å²) in [6, 6.07) is -0.411. The lowest BCUT2D eigenvalue weighted by atomic mass is 9.93. The Bertz CT molecular complexity index is 299. The molecule has 0 unspecified atom stereocenters. The highest BCUT2D eigenvalue weighted by atomic mass is 16.2. The molecule has 1 fully saturated rings. The Hall–Kier alpha value is -1.10. The van der Waals surface area contributed by atoms with Crippen molar-refractivity contribution in [3.05, 3.63) is 0 Å². The average Bonchev–Trinajstić information content (AvgIpc) is 2.44. The Balaban J connectivity index is 2.47. The van der Waals surface area contributed by atoms with Crippen molar-refractivity contribution >= 4 is 11.8 Å². The van der Waals surface area contributed by atoms with Crippen molar-refractivity contribution < 1.29 is 9.59 Å². The summed E-state index contributed by atoms with van der Waals surface area (Å²) >= 11 is 0. The van der Waals surface area contributed by atoms with Crippen LogP contribution in [0.2, 0.25) is 0 Å². The van der Waals surface area contributed by atoms with Crippen LogP contribution in [0.5, 0.6) is 0 Å². The second-order valence-electron chi connectivity index (χ2n) is 5.13. The topological polar surface area (TPSA) is 75.4 Å². The first-order chi connectivity index (χ1) is 8.51. The van der Waals surface area contributed by atoms with Crippen molar-refractivity contribution in [2.24, 2.45) is 17.6 Å². The molecule has 5 heteroatoms. The Morgan fingerprint density at radius 2 is 1.94 bits per heavy atom. The number of amides is 2. The predicted molar refractivity (Wildman–Crippen MR) is 70.8 cm³/mol. The van der Waals surface area contributed by atoms with Crippen LogP contribution in [0.3, 0.4) is 0 Å². The Kier molecular flexibility index (Phi) is 5.59. The van der Waals surface area contributed by atoms with Crippen molar-refractivity contribution in [3.63, 3.8) is 0 Å². The van der Waals surface area contributed by atoms with Gasteiger partial charge in [-0.15, -0.1) is 0 Å². The van der Waals surface area contributed by atoms with Crippen LogP contribution in [0.15, 0.2) is 0 Å². The third-order valence-corrected chi connectivity index (χ3v) is 3.97. The number of likely N-dealkylation sites (tertiary alicyclic amines) is 1. The SMILES string of the molecule is CC[C@H](C)[C@H](N)C(=O)N1CCC(C(=O)NC)CC1. The van der Waals surface area contributed by atoms with Gasteiger partial charge in [-0.1, -0.05) is 20.3 Å². The van der Waals surface area contributed by atoms with Crippen LogP contribution in [0.25, 0.3) is 0 Å². The van der Waals surface area contributed by atoms with Crippen molar-refractivity contribution in [3.8, 4) is 0 Å². The first kappa shape index (κ1) is 15.0. The maximum atomic E-state index is 12.1. The monoisotopic (exact) mass is 255 g/mol. The summed E-state index contributed by atoms with van der Waals surface area (Å²) in [5.74, 6) is 0.348. The quantitative estimate of drug-likeness (QED) is 0.761. The fourth-order valence-electron chi connectivity index (χ4n) is 2.27. The van der Waals surface area contributed by atoms with Gasteiger partial charge >= 0.3 is 0 Å². The lowest BCUT2D eigenvalue weighted by Crippen LogP contribution is -2.50.